The minimum atomic E-state index is 0.520. The molecule has 0 saturated carbocycles. The van der Waals surface area contributed by atoms with Crippen LogP contribution in [0.15, 0.2) is 28.7 Å². The number of halogens is 1. The van der Waals surface area contributed by atoms with Crippen LogP contribution in [-0.4, -0.2) is 23.3 Å². The molecule has 0 unspecified atom stereocenters. The minimum absolute atomic E-state index is 0.520. The van der Waals surface area contributed by atoms with Crippen molar-refractivity contribution >= 4 is 27.4 Å². The van der Waals surface area contributed by atoms with E-state index in [4.69, 9.17) is 5.73 Å². The lowest BCUT2D eigenvalue weighted by Gasteiger charge is -2.29. The Labute approximate surface area is 121 Å². The average molecular weight is 321 g/mol. The molecule has 1 fully saturated rings. The number of hydrogen-bond acceptors (Lipinski definition) is 3. The first-order valence-electron chi connectivity index (χ1n) is 6.60. The van der Waals surface area contributed by atoms with Crippen molar-refractivity contribution in [2.45, 2.75) is 19.3 Å². The van der Waals surface area contributed by atoms with E-state index in [0.29, 0.717) is 5.82 Å². The van der Waals surface area contributed by atoms with Gasteiger partial charge in [-0.1, -0.05) is 6.07 Å². The Morgan fingerprint density at radius 2 is 1.95 bits per heavy atom. The third kappa shape index (κ3) is 2.61. The maximum atomic E-state index is 5.64. The molecule has 3 N–H and O–H groups in total. The maximum Gasteiger partial charge on any atom is 0.145 e. The van der Waals surface area contributed by atoms with Gasteiger partial charge in [-0.2, -0.15) is 5.10 Å². The van der Waals surface area contributed by atoms with E-state index in [1.54, 1.807) is 0 Å². The Kier molecular flexibility index (Phi) is 3.46. The molecular weight excluding hydrogens is 304 g/mol. The second kappa shape index (κ2) is 5.25. The van der Waals surface area contributed by atoms with Gasteiger partial charge in [0.25, 0.3) is 0 Å². The smallest absolute Gasteiger partial charge is 0.145 e. The molecule has 0 spiro atoms. The number of nitrogens with two attached hydrogens (primary N) is 1. The van der Waals surface area contributed by atoms with E-state index in [1.807, 2.05) is 6.07 Å². The number of rotatable bonds is 2. The number of anilines is 2. The van der Waals surface area contributed by atoms with Crippen LogP contribution in [0.4, 0.5) is 11.5 Å². The second-order valence-corrected chi connectivity index (χ2v) is 5.77. The number of H-pyrrole nitrogens is 1. The molecule has 1 saturated heterocycles. The SMILES string of the molecule is Nc1cc(-c2ccc(N3CCCCC3)c(Br)c2)[nH]n1. The van der Waals surface area contributed by atoms with Crippen molar-refractivity contribution in [1.29, 1.82) is 0 Å². The summed E-state index contributed by atoms with van der Waals surface area (Å²) in [6.45, 7) is 2.30. The Morgan fingerprint density at radius 3 is 2.58 bits per heavy atom. The number of aromatic amines is 1. The number of hydrogen-bond donors (Lipinski definition) is 2. The number of benzene rings is 1. The van der Waals surface area contributed by atoms with Gasteiger partial charge in [0.15, 0.2) is 0 Å². The molecule has 5 heteroatoms. The third-order valence-electron chi connectivity index (χ3n) is 3.55. The molecule has 2 aromatic rings. The molecule has 0 aliphatic carbocycles. The van der Waals surface area contributed by atoms with Crippen LogP contribution < -0.4 is 10.6 Å². The van der Waals surface area contributed by atoms with Crippen molar-refractivity contribution in [1.82, 2.24) is 10.2 Å². The van der Waals surface area contributed by atoms with Crippen molar-refractivity contribution in [2.75, 3.05) is 23.7 Å². The zero-order valence-corrected chi connectivity index (χ0v) is 12.3. The lowest BCUT2D eigenvalue weighted by atomic mass is 10.1. The summed E-state index contributed by atoms with van der Waals surface area (Å²) in [5, 5.41) is 6.90. The number of nitrogen functional groups attached to an aromatic ring is 1. The predicted molar refractivity (Wildman–Crippen MR) is 82.2 cm³/mol. The van der Waals surface area contributed by atoms with Gasteiger partial charge < -0.3 is 10.6 Å². The molecule has 1 aliphatic rings. The van der Waals surface area contributed by atoms with E-state index in [2.05, 4.69) is 49.2 Å². The van der Waals surface area contributed by atoms with Crippen molar-refractivity contribution < 1.29 is 0 Å². The highest BCUT2D eigenvalue weighted by Crippen LogP contribution is 2.32. The van der Waals surface area contributed by atoms with Crippen LogP contribution in [-0.2, 0) is 0 Å². The molecule has 0 radical (unpaired) electrons. The van der Waals surface area contributed by atoms with Gasteiger partial charge >= 0.3 is 0 Å². The van der Waals surface area contributed by atoms with E-state index in [1.165, 1.54) is 24.9 Å². The van der Waals surface area contributed by atoms with E-state index >= 15 is 0 Å². The first-order chi connectivity index (χ1) is 9.24. The van der Waals surface area contributed by atoms with Crippen LogP contribution in [0.3, 0.4) is 0 Å². The van der Waals surface area contributed by atoms with E-state index in [9.17, 15) is 0 Å². The Balaban J connectivity index is 1.89. The molecule has 1 aromatic carbocycles. The highest BCUT2D eigenvalue weighted by molar-refractivity contribution is 9.10. The maximum absolute atomic E-state index is 5.64. The van der Waals surface area contributed by atoms with E-state index in [0.717, 1.165) is 28.8 Å². The molecule has 0 bridgehead atoms. The lowest BCUT2D eigenvalue weighted by Crippen LogP contribution is -2.29. The van der Waals surface area contributed by atoms with E-state index in [-0.39, 0.29) is 0 Å². The Morgan fingerprint density at radius 1 is 1.16 bits per heavy atom. The van der Waals surface area contributed by atoms with Crippen LogP contribution in [0.2, 0.25) is 0 Å². The van der Waals surface area contributed by atoms with Gasteiger partial charge in [0.2, 0.25) is 0 Å². The summed E-state index contributed by atoms with van der Waals surface area (Å²) in [5.41, 5.74) is 8.95. The third-order valence-corrected chi connectivity index (χ3v) is 4.19. The van der Waals surface area contributed by atoms with Crippen LogP contribution in [0.1, 0.15) is 19.3 Å². The molecule has 3 rings (SSSR count). The van der Waals surface area contributed by atoms with Crippen molar-refractivity contribution in [3.8, 4) is 11.3 Å². The zero-order valence-electron chi connectivity index (χ0n) is 10.7. The van der Waals surface area contributed by atoms with Crippen LogP contribution in [0.5, 0.6) is 0 Å². The standard InChI is InChI=1S/C14H17BrN4/c15-11-8-10(12-9-14(16)18-17-12)4-5-13(11)19-6-2-1-3-7-19/h4-5,8-9H,1-3,6-7H2,(H3,16,17,18). The van der Waals surface area contributed by atoms with Gasteiger partial charge in [0, 0.05) is 29.2 Å². The van der Waals surface area contributed by atoms with Crippen LogP contribution in [0.25, 0.3) is 11.3 Å². The highest BCUT2D eigenvalue weighted by atomic mass is 79.9. The van der Waals surface area contributed by atoms with Crippen molar-refractivity contribution in [3.05, 3.63) is 28.7 Å². The first kappa shape index (κ1) is 12.5. The van der Waals surface area contributed by atoms with Gasteiger partial charge in [-0.15, -0.1) is 0 Å². The number of piperidine rings is 1. The van der Waals surface area contributed by atoms with Crippen molar-refractivity contribution in [2.24, 2.45) is 0 Å². The largest absolute Gasteiger partial charge is 0.382 e. The molecule has 4 nitrogen and oxygen atoms in total. The van der Waals surface area contributed by atoms with E-state index < -0.39 is 0 Å². The summed E-state index contributed by atoms with van der Waals surface area (Å²) in [6, 6.07) is 8.25. The fraction of sp³-hybridized carbons (Fsp3) is 0.357. The van der Waals surface area contributed by atoms with Gasteiger partial charge in [-0.05, 0) is 47.3 Å². The zero-order chi connectivity index (χ0) is 13.2. The Hall–Kier alpha value is -1.49. The highest BCUT2D eigenvalue weighted by Gasteiger charge is 2.14. The van der Waals surface area contributed by atoms with Gasteiger partial charge in [0.05, 0.1) is 11.4 Å². The van der Waals surface area contributed by atoms with Gasteiger partial charge in [0.1, 0.15) is 5.82 Å². The molecule has 1 aromatic heterocycles. The fourth-order valence-corrected chi connectivity index (χ4v) is 3.18. The van der Waals surface area contributed by atoms with Gasteiger partial charge in [-0.3, -0.25) is 5.10 Å². The molecule has 19 heavy (non-hydrogen) atoms. The monoisotopic (exact) mass is 320 g/mol. The summed E-state index contributed by atoms with van der Waals surface area (Å²) in [6.07, 6.45) is 3.91. The van der Waals surface area contributed by atoms with Crippen LogP contribution in [0, 0.1) is 0 Å². The summed E-state index contributed by atoms with van der Waals surface area (Å²) in [5.74, 6) is 0.520. The lowest BCUT2D eigenvalue weighted by molar-refractivity contribution is 0.577. The molecular formula is C14H17BrN4. The number of nitrogens with one attached hydrogen (secondary N) is 1. The number of aromatic nitrogens is 2. The number of nitrogens with zero attached hydrogens (tertiary/aromatic N) is 2. The molecule has 1 aliphatic heterocycles. The summed E-state index contributed by atoms with van der Waals surface area (Å²) < 4.78 is 1.13. The normalized spacial score (nSPS) is 15.7. The topological polar surface area (TPSA) is 57.9 Å². The molecule has 0 atom stereocenters. The molecule has 100 valence electrons. The molecule has 2 heterocycles. The quantitative estimate of drug-likeness (QED) is 0.891. The summed E-state index contributed by atoms with van der Waals surface area (Å²) >= 11 is 3.68. The fourth-order valence-electron chi connectivity index (χ4n) is 2.55. The second-order valence-electron chi connectivity index (χ2n) is 4.92. The first-order valence-corrected chi connectivity index (χ1v) is 7.39. The summed E-state index contributed by atoms with van der Waals surface area (Å²) in [4.78, 5) is 2.44. The minimum Gasteiger partial charge on any atom is -0.382 e. The predicted octanol–water partition coefficient (Wildman–Crippen LogP) is 3.41. The Bertz CT molecular complexity index is 573. The van der Waals surface area contributed by atoms with Crippen LogP contribution >= 0.6 is 15.9 Å². The molecule has 0 amide bonds. The summed E-state index contributed by atoms with van der Waals surface area (Å²) in [7, 11) is 0. The van der Waals surface area contributed by atoms with Crippen molar-refractivity contribution in [3.63, 3.8) is 0 Å². The van der Waals surface area contributed by atoms with Gasteiger partial charge in [-0.25, -0.2) is 0 Å². The average Bonchev–Trinajstić information content (AvgIpc) is 2.86.